The second-order valence-electron chi connectivity index (χ2n) is 7.95. The third kappa shape index (κ3) is 3.48. The highest BCUT2D eigenvalue weighted by Crippen LogP contribution is 2.36. The van der Waals surface area contributed by atoms with Crippen molar-refractivity contribution >= 4 is 40.4 Å². The van der Waals surface area contributed by atoms with Crippen LogP contribution in [0, 0.1) is 5.82 Å². The highest BCUT2D eigenvalue weighted by Gasteiger charge is 2.42. The number of hydrogen-bond donors (Lipinski definition) is 1. The van der Waals surface area contributed by atoms with Gasteiger partial charge in [0, 0.05) is 45.6 Å². The Morgan fingerprint density at radius 2 is 1.97 bits per heavy atom. The normalized spacial score (nSPS) is 20.1. The predicted octanol–water partition coefficient (Wildman–Crippen LogP) is 2.50. The van der Waals surface area contributed by atoms with Gasteiger partial charge in [0.15, 0.2) is 0 Å². The quantitative estimate of drug-likeness (QED) is 0.749. The first-order valence-electron chi connectivity index (χ1n) is 10.9. The van der Waals surface area contributed by atoms with Crippen molar-refractivity contribution in [3.63, 3.8) is 0 Å². The summed E-state index contributed by atoms with van der Waals surface area (Å²) >= 11 is 1.43. The highest BCUT2D eigenvalue weighted by molar-refractivity contribution is 7.12. The molecule has 5 rings (SSSR count). The second kappa shape index (κ2) is 8.42. The van der Waals surface area contributed by atoms with Crippen LogP contribution in [0.3, 0.4) is 0 Å². The molecule has 0 spiro atoms. The Bertz CT molecular complexity index is 1060. The molecule has 10 heteroatoms. The Morgan fingerprint density at radius 1 is 1.19 bits per heavy atom. The number of carbonyl (C=O) groups excluding carboxylic acids is 2. The minimum absolute atomic E-state index is 0.00602. The molecule has 168 valence electrons. The van der Waals surface area contributed by atoms with Gasteiger partial charge in [0.25, 0.3) is 5.91 Å². The number of thiophene rings is 1. The summed E-state index contributed by atoms with van der Waals surface area (Å²) in [5.74, 6) is 0.600. The number of hydrazone groups is 1. The molecule has 0 bridgehead atoms. The van der Waals surface area contributed by atoms with E-state index in [9.17, 15) is 14.0 Å². The maximum atomic E-state index is 14.0. The van der Waals surface area contributed by atoms with Gasteiger partial charge in [0.05, 0.1) is 11.4 Å². The summed E-state index contributed by atoms with van der Waals surface area (Å²) in [7, 11) is 0. The number of piperazine rings is 1. The molecule has 2 amide bonds. The van der Waals surface area contributed by atoms with Crippen molar-refractivity contribution in [3.8, 4) is 0 Å². The third-order valence-electron chi connectivity index (χ3n) is 6.21. The number of amidine groups is 1. The average Bonchev–Trinajstić information content (AvgIpc) is 3.46. The SMILES string of the molecule is CCN1C(=O)c2sccc2N2C(CCC(=O)N3CCN(c4ccccc4F)CC3)=NNC12. The molecule has 1 unspecified atom stereocenters. The fraction of sp³-hybridized carbons (Fsp3) is 0.409. The Morgan fingerprint density at radius 3 is 2.72 bits per heavy atom. The van der Waals surface area contributed by atoms with Crippen molar-refractivity contribution in [2.75, 3.05) is 42.5 Å². The molecule has 0 radical (unpaired) electrons. The number of para-hydroxylation sites is 1. The van der Waals surface area contributed by atoms with Gasteiger partial charge in [-0.3, -0.25) is 24.8 Å². The van der Waals surface area contributed by atoms with E-state index in [1.807, 2.05) is 39.1 Å². The Kier molecular flexibility index (Phi) is 5.46. The number of anilines is 2. The maximum absolute atomic E-state index is 14.0. The van der Waals surface area contributed by atoms with Crippen molar-refractivity contribution in [1.29, 1.82) is 0 Å². The van der Waals surface area contributed by atoms with Crippen LogP contribution >= 0.6 is 11.3 Å². The maximum Gasteiger partial charge on any atom is 0.269 e. The second-order valence-corrected chi connectivity index (χ2v) is 8.86. The smallest absolute Gasteiger partial charge is 0.269 e. The number of nitrogens with one attached hydrogen (secondary N) is 1. The number of carbonyl (C=O) groups is 2. The van der Waals surface area contributed by atoms with E-state index in [-0.39, 0.29) is 23.9 Å². The van der Waals surface area contributed by atoms with Gasteiger partial charge in [-0.15, -0.1) is 11.3 Å². The first-order valence-corrected chi connectivity index (χ1v) is 11.7. The van der Waals surface area contributed by atoms with Crippen molar-refractivity contribution in [2.45, 2.75) is 26.1 Å². The van der Waals surface area contributed by atoms with Crippen molar-refractivity contribution in [3.05, 3.63) is 46.4 Å². The first-order chi connectivity index (χ1) is 15.6. The van der Waals surface area contributed by atoms with Crippen LogP contribution in [0.2, 0.25) is 0 Å². The fourth-order valence-corrected chi connectivity index (χ4v) is 5.37. The van der Waals surface area contributed by atoms with Crippen LogP contribution in [-0.4, -0.2) is 66.5 Å². The van der Waals surface area contributed by atoms with E-state index in [0.717, 1.165) is 11.5 Å². The van der Waals surface area contributed by atoms with Crippen LogP contribution in [0.1, 0.15) is 29.4 Å². The van der Waals surface area contributed by atoms with E-state index in [2.05, 4.69) is 10.5 Å². The van der Waals surface area contributed by atoms with Gasteiger partial charge in [-0.2, -0.15) is 5.10 Å². The molecule has 8 nitrogen and oxygen atoms in total. The molecule has 1 atom stereocenters. The molecule has 0 aliphatic carbocycles. The lowest BCUT2D eigenvalue weighted by molar-refractivity contribution is -0.131. The Hall–Kier alpha value is -3.14. The summed E-state index contributed by atoms with van der Waals surface area (Å²) in [5.41, 5.74) is 4.50. The van der Waals surface area contributed by atoms with Crippen LogP contribution in [0.15, 0.2) is 40.8 Å². The van der Waals surface area contributed by atoms with E-state index >= 15 is 0 Å². The molecule has 0 saturated carbocycles. The van der Waals surface area contributed by atoms with E-state index < -0.39 is 0 Å². The molecular formula is C22H25FN6O2S. The zero-order valence-corrected chi connectivity index (χ0v) is 18.6. The number of hydrogen-bond acceptors (Lipinski definition) is 7. The molecule has 3 aliphatic rings. The molecule has 1 aromatic carbocycles. The summed E-state index contributed by atoms with van der Waals surface area (Å²) in [6.45, 7) is 4.86. The molecule has 32 heavy (non-hydrogen) atoms. The number of halogens is 1. The largest absolute Gasteiger partial charge is 0.366 e. The van der Waals surface area contributed by atoms with Crippen LogP contribution in [0.25, 0.3) is 0 Å². The van der Waals surface area contributed by atoms with Gasteiger partial charge < -0.3 is 9.80 Å². The van der Waals surface area contributed by atoms with Gasteiger partial charge >= 0.3 is 0 Å². The van der Waals surface area contributed by atoms with Crippen LogP contribution in [-0.2, 0) is 4.79 Å². The van der Waals surface area contributed by atoms with Gasteiger partial charge in [0.1, 0.15) is 16.5 Å². The number of fused-ring (bicyclic) bond motifs is 3. The van der Waals surface area contributed by atoms with Gasteiger partial charge in [-0.1, -0.05) is 12.1 Å². The molecular weight excluding hydrogens is 431 g/mol. The Labute approximate surface area is 189 Å². The molecule has 4 heterocycles. The summed E-state index contributed by atoms with van der Waals surface area (Å²) in [6, 6.07) is 8.68. The Balaban J connectivity index is 1.20. The average molecular weight is 457 g/mol. The number of nitrogens with zero attached hydrogens (tertiary/aromatic N) is 5. The van der Waals surface area contributed by atoms with Crippen LogP contribution in [0.4, 0.5) is 15.8 Å². The van der Waals surface area contributed by atoms with Crippen molar-refractivity contribution in [2.24, 2.45) is 5.10 Å². The standard InChI is InChI=1S/C22H25FN6O2S/c1-2-28-21(31)20-17(9-14-32-20)29-18(24-25-22(28)29)7-8-19(30)27-12-10-26(11-13-27)16-6-4-3-5-15(16)23/h3-6,9,14,22,25H,2,7-8,10-13H2,1H3. The zero-order chi connectivity index (χ0) is 22.2. The molecule has 1 aromatic heterocycles. The number of amides is 2. The first kappa shape index (κ1) is 20.7. The lowest BCUT2D eigenvalue weighted by Crippen LogP contribution is -2.58. The summed E-state index contributed by atoms with van der Waals surface area (Å²) in [5, 5.41) is 6.36. The minimum atomic E-state index is -0.344. The topological polar surface area (TPSA) is 71.5 Å². The van der Waals surface area contributed by atoms with Crippen molar-refractivity contribution < 1.29 is 14.0 Å². The number of benzene rings is 1. The molecule has 2 aromatic rings. The third-order valence-corrected chi connectivity index (χ3v) is 7.11. The molecule has 1 saturated heterocycles. The van der Waals surface area contributed by atoms with Gasteiger partial charge in [0.2, 0.25) is 12.2 Å². The molecule has 1 fully saturated rings. The van der Waals surface area contributed by atoms with E-state index in [1.165, 1.54) is 17.4 Å². The van der Waals surface area contributed by atoms with Crippen molar-refractivity contribution in [1.82, 2.24) is 15.2 Å². The lowest BCUT2D eigenvalue weighted by Gasteiger charge is -2.39. The predicted molar refractivity (Wildman–Crippen MR) is 122 cm³/mol. The highest BCUT2D eigenvalue weighted by atomic mass is 32.1. The summed E-state index contributed by atoms with van der Waals surface area (Å²) in [6.07, 6.45) is 0.476. The van der Waals surface area contributed by atoms with Crippen LogP contribution in [0.5, 0.6) is 0 Å². The lowest BCUT2D eigenvalue weighted by atomic mass is 10.1. The van der Waals surface area contributed by atoms with Gasteiger partial charge in [-0.25, -0.2) is 4.39 Å². The zero-order valence-electron chi connectivity index (χ0n) is 17.8. The fourth-order valence-electron chi connectivity index (χ4n) is 4.53. The molecule has 3 aliphatic heterocycles. The monoisotopic (exact) mass is 456 g/mol. The summed E-state index contributed by atoms with van der Waals surface area (Å²) in [4.78, 5) is 33.9. The molecule has 1 N–H and O–H groups in total. The van der Waals surface area contributed by atoms with E-state index in [0.29, 0.717) is 56.1 Å². The minimum Gasteiger partial charge on any atom is -0.366 e. The van der Waals surface area contributed by atoms with Gasteiger partial charge in [-0.05, 0) is 30.5 Å². The summed E-state index contributed by atoms with van der Waals surface area (Å²) < 4.78 is 14.0. The number of rotatable bonds is 5. The van der Waals surface area contributed by atoms with Crippen LogP contribution < -0.4 is 15.2 Å². The van der Waals surface area contributed by atoms with E-state index in [4.69, 9.17) is 0 Å². The van der Waals surface area contributed by atoms with E-state index in [1.54, 1.807) is 17.0 Å².